The number of imidazole rings is 1. The molecular weight excluding hydrogens is 284 g/mol. The lowest BCUT2D eigenvalue weighted by atomic mass is 10.3. The largest absolute Gasteiger partial charge is 0.461 e. The number of nitrogens with zero attached hydrogens (tertiary/aromatic N) is 3. The summed E-state index contributed by atoms with van der Waals surface area (Å²) in [7, 11) is 0. The Hall–Kier alpha value is -2.83. The zero-order valence-corrected chi connectivity index (χ0v) is 12.2. The molecule has 3 rings (SSSR count). The molecule has 0 fully saturated rings. The second-order valence-electron chi connectivity index (χ2n) is 4.92. The third-order valence-electron chi connectivity index (χ3n) is 3.15. The lowest BCUT2D eigenvalue weighted by Gasteiger charge is -2.03. The molecule has 1 amide bonds. The number of rotatable bonds is 6. The van der Waals surface area contributed by atoms with Gasteiger partial charge in [-0.2, -0.15) is 0 Å². The Morgan fingerprint density at radius 3 is 3.05 bits per heavy atom. The van der Waals surface area contributed by atoms with Crippen LogP contribution in [0.5, 0.6) is 0 Å². The Morgan fingerprint density at radius 1 is 1.41 bits per heavy atom. The summed E-state index contributed by atoms with van der Waals surface area (Å²) in [5.41, 5.74) is 1.22. The van der Waals surface area contributed by atoms with Gasteiger partial charge in [0, 0.05) is 25.4 Å². The van der Waals surface area contributed by atoms with Crippen LogP contribution in [0.2, 0.25) is 0 Å². The minimum Gasteiger partial charge on any atom is -0.461 e. The van der Waals surface area contributed by atoms with Gasteiger partial charge in [-0.15, -0.1) is 0 Å². The van der Waals surface area contributed by atoms with Gasteiger partial charge < -0.3 is 18.8 Å². The number of amides is 1. The molecule has 3 aromatic rings. The lowest BCUT2D eigenvalue weighted by molar-refractivity contribution is 0.0943. The van der Waals surface area contributed by atoms with E-state index < -0.39 is 0 Å². The minimum atomic E-state index is -0.261. The molecule has 0 saturated carbocycles. The molecule has 0 saturated heterocycles. The van der Waals surface area contributed by atoms with E-state index in [0.29, 0.717) is 18.1 Å². The highest BCUT2D eigenvalue weighted by atomic mass is 16.5. The topological polar surface area (TPSA) is 86.1 Å². The Labute approximate surface area is 126 Å². The van der Waals surface area contributed by atoms with Gasteiger partial charge in [0.05, 0.1) is 18.3 Å². The minimum absolute atomic E-state index is 0.241. The molecule has 7 heteroatoms. The van der Waals surface area contributed by atoms with E-state index in [1.54, 1.807) is 24.5 Å². The molecule has 0 aliphatic carbocycles. The number of hydrogen-bond donors (Lipinski definition) is 1. The average Bonchev–Trinajstić information content (AvgIpc) is 3.23. The standard InChI is InChI=1S/C15H16N4O3/c1-11-9-19(10-17-11)6-3-5-16-15(20)12-8-14(22-18-12)13-4-2-7-21-13/h2,4,7-10H,3,5-6H2,1H3,(H,16,20). The molecule has 0 atom stereocenters. The van der Waals surface area contributed by atoms with Crippen molar-refractivity contribution in [3.63, 3.8) is 0 Å². The highest BCUT2D eigenvalue weighted by Crippen LogP contribution is 2.20. The number of furan rings is 1. The highest BCUT2D eigenvalue weighted by Gasteiger charge is 2.14. The Bertz CT molecular complexity index is 743. The lowest BCUT2D eigenvalue weighted by Crippen LogP contribution is -2.25. The predicted octanol–water partition coefficient (Wildman–Crippen LogP) is 2.26. The average molecular weight is 300 g/mol. The Morgan fingerprint density at radius 2 is 2.32 bits per heavy atom. The maximum absolute atomic E-state index is 12.0. The van der Waals surface area contributed by atoms with Crippen LogP contribution in [-0.2, 0) is 6.54 Å². The molecule has 3 heterocycles. The quantitative estimate of drug-likeness (QED) is 0.706. The molecule has 7 nitrogen and oxygen atoms in total. The molecule has 22 heavy (non-hydrogen) atoms. The number of carbonyl (C=O) groups excluding carboxylic acids is 1. The zero-order chi connectivity index (χ0) is 15.4. The summed E-state index contributed by atoms with van der Waals surface area (Å²) < 4.78 is 12.3. The van der Waals surface area contributed by atoms with Crippen molar-refractivity contribution in [1.82, 2.24) is 20.0 Å². The molecule has 0 aliphatic heterocycles. The first-order chi connectivity index (χ1) is 10.7. The molecule has 0 spiro atoms. The molecule has 114 valence electrons. The van der Waals surface area contributed by atoms with Gasteiger partial charge in [-0.05, 0) is 25.5 Å². The summed E-state index contributed by atoms with van der Waals surface area (Å²) in [6.45, 7) is 3.30. The summed E-state index contributed by atoms with van der Waals surface area (Å²) in [5.74, 6) is 0.717. The maximum atomic E-state index is 12.0. The van der Waals surface area contributed by atoms with Crippen LogP contribution >= 0.6 is 0 Å². The summed E-state index contributed by atoms with van der Waals surface area (Å²) in [6.07, 6.45) is 6.10. The third kappa shape index (κ3) is 3.25. The fourth-order valence-corrected chi connectivity index (χ4v) is 2.07. The van der Waals surface area contributed by atoms with E-state index in [2.05, 4.69) is 15.5 Å². The Balaban J connectivity index is 1.48. The van der Waals surface area contributed by atoms with Gasteiger partial charge in [0.2, 0.25) is 5.76 Å². The van der Waals surface area contributed by atoms with Gasteiger partial charge in [0.25, 0.3) is 5.91 Å². The molecule has 0 aromatic carbocycles. The summed E-state index contributed by atoms with van der Waals surface area (Å²) in [4.78, 5) is 16.1. The highest BCUT2D eigenvalue weighted by molar-refractivity contribution is 5.92. The van der Waals surface area contributed by atoms with Crippen LogP contribution in [0, 0.1) is 6.92 Å². The molecular formula is C15H16N4O3. The van der Waals surface area contributed by atoms with Gasteiger partial charge in [-0.1, -0.05) is 5.16 Å². The summed E-state index contributed by atoms with van der Waals surface area (Å²) in [6, 6.07) is 5.05. The molecule has 0 aliphatic rings. The fourth-order valence-electron chi connectivity index (χ4n) is 2.07. The van der Waals surface area contributed by atoms with Gasteiger partial charge in [-0.25, -0.2) is 4.98 Å². The van der Waals surface area contributed by atoms with Crippen molar-refractivity contribution in [2.75, 3.05) is 6.54 Å². The van der Waals surface area contributed by atoms with E-state index in [0.717, 1.165) is 18.7 Å². The van der Waals surface area contributed by atoms with Crippen LogP contribution in [0.4, 0.5) is 0 Å². The number of hydrogen-bond acceptors (Lipinski definition) is 5. The van der Waals surface area contributed by atoms with E-state index in [4.69, 9.17) is 8.94 Å². The van der Waals surface area contributed by atoms with Crippen LogP contribution in [0.15, 0.2) is 45.9 Å². The van der Waals surface area contributed by atoms with Crippen molar-refractivity contribution in [1.29, 1.82) is 0 Å². The van der Waals surface area contributed by atoms with E-state index in [1.807, 2.05) is 17.7 Å². The van der Waals surface area contributed by atoms with Crippen molar-refractivity contribution in [3.8, 4) is 11.5 Å². The molecule has 0 unspecified atom stereocenters. The number of aromatic nitrogens is 3. The number of carbonyl (C=O) groups is 1. The van der Waals surface area contributed by atoms with Gasteiger partial charge >= 0.3 is 0 Å². The Kier molecular flexibility index (Phi) is 4.04. The molecule has 1 N–H and O–H groups in total. The van der Waals surface area contributed by atoms with Crippen molar-refractivity contribution in [3.05, 3.63) is 48.4 Å². The molecule has 0 bridgehead atoms. The second kappa shape index (κ2) is 6.30. The summed E-state index contributed by atoms with van der Waals surface area (Å²) >= 11 is 0. The molecule has 0 radical (unpaired) electrons. The first-order valence-corrected chi connectivity index (χ1v) is 6.99. The van der Waals surface area contributed by atoms with Crippen LogP contribution in [0.3, 0.4) is 0 Å². The first-order valence-electron chi connectivity index (χ1n) is 6.99. The molecule has 3 aromatic heterocycles. The zero-order valence-electron chi connectivity index (χ0n) is 12.2. The monoisotopic (exact) mass is 300 g/mol. The van der Waals surface area contributed by atoms with Gasteiger partial charge in [0.15, 0.2) is 11.5 Å². The number of nitrogens with one attached hydrogen (secondary N) is 1. The van der Waals surface area contributed by atoms with Crippen LogP contribution in [-0.4, -0.2) is 27.2 Å². The maximum Gasteiger partial charge on any atom is 0.273 e. The smallest absolute Gasteiger partial charge is 0.273 e. The van der Waals surface area contributed by atoms with Crippen LogP contribution in [0.1, 0.15) is 22.6 Å². The third-order valence-corrected chi connectivity index (χ3v) is 3.15. The fraction of sp³-hybridized carbons (Fsp3) is 0.267. The van der Waals surface area contributed by atoms with Crippen molar-refractivity contribution < 1.29 is 13.7 Å². The van der Waals surface area contributed by atoms with Crippen molar-refractivity contribution in [2.24, 2.45) is 0 Å². The van der Waals surface area contributed by atoms with Crippen LogP contribution in [0.25, 0.3) is 11.5 Å². The van der Waals surface area contributed by atoms with Gasteiger partial charge in [-0.3, -0.25) is 4.79 Å². The SMILES string of the molecule is Cc1cn(CCCNC(=O)c2cc(-c3ccco3)on2)cn1. The predicted molar refractivity (Wildman–Crippen MR) is 78.1 cm³/mol. The van der Waals surface area contributed by atoms with E-state index >= 15 is 0 Å². The normalized spacial score (nSPS) is 10.8. The van der Waals surface area contributed by atoms with Crippen LogP contribution < -0.4 is 5.32 Å². The van der Waals surface area contributed by atoms with E-state index in [1.165, 1.54) is 6.26 Å². The van der Waals surface area contributed by atoms with Crippen molar-refractivity contribution >= 4 is 5.91 Å². The van der Waals surface area contributed by atoms with Crippen molar-refractivity contribution in [2.45, 2.75) is 19.9 Å². The van der Waals surface area contributed by atoms with E-state index in [9.17, 15) is 4.79 Å². The van der Waals surface area contributed by atoms with Gasteiger partial charge in [0.1, 0.15) is 0 Å². The van der Waals surface area contributed by atoms with E-state index in [-0.39, 0.29) is 11.6 Å². The summed E-state index contributed by atoms with van der Waals surface area (Å²) in [5, 5.41) is 6.56. The number of aryl methyl sites for hydroxylation is 2. The first kappa shape index (κ1) is 14.1. The second-order valence-corrected chi connectivity index (χ2v) is 4.92.